The summed E-state index contributed by atoms with van der Waals surface area (Å²) in [6.07, 6.45) is 0.963. The number of alkyl halides is 3. The number of nitrogens with zero attached hydrogens (tertiary/aromatic N) is 2. The molecule has 1 aliphatic heterocycles. The predicted octanol–water partition coefficient (Wildman–Crippen LogP) is 3.70. The van der Waals surface area contributed by atoms with Crippen LogP contribution in [0.25, 0.3) is 0 Å². The van der Waals surface area contributed by atoms with Crippen molar-refractivity contribution >= 4 is 5.69 Å². The average Bonchev–Trinajstić information content (AvgIpc) is 2.91. The number of hydrogen-bond donors (Lipinski definition) is 1. The third kappa shape index (κ3) is 2.99. The van der Waals surface area contributed by atoms with Crippen molar-refractivity contribution in [3.8, 4) is 6.19 Å². The maximum Gasteiger partial charge on any atom is 0.416 e. The van der Waals surface area contributed by atoms with E-state index < -0.39 is 11.7 Å². The summed E-state index contributed by atoms with van der Waals surface area (Å²) in [4.78, 5) is 1.77. The van der Waals surface area contributed by atoms with E-state index in [2.05, 4.69) is 11.5 Å². The molecule has 0 amide bonds. The van der Waals surface area contributed by atoms with E-state index in [1.807, 2.05) is 0 Å². The summed E-state index contributed by atoms with van der Waals surface area (Å²) < 4.78 is 38.4. The largest absolute Gasteiger partial charge is 0.416 e. The Kier molecular flexibility index (Phi) is 3.90. The molecule has 118 valence electrons. The standard InChI is InChI=1S/C16H18F3N3/c17-16(18,19)12-4-2-5-13(7-12)21-15-6-1-3-11-8-22(10-20)9-14(11)15/h2,4-5,7,11,14-15,21H,1,3,6,8-9H2/t11-,14+,15-/m1/s1. The van der Waals surface area contributed by atoms with Crippen molar-refractivity contribution in [3.63, 3.8) is 0 Å². The minimum absolute atomic E-state index is 0.139. The molecule has 3 atom stereocenters. The summed E-state index contributed by atoms with van der Waals surface area (Å²) >= 11 is 0. The highest BCUT2D eigenvalue weighted by molar-refractivity contribution is 5.47. The molecule has 22 heavy (non-hydrogen) atoms. The highest BCUT2D eigenvalue weighted by atomic mass is 19.4. The van der Waals surface area contributed by atoms with E-state index in [4.69, 9.17) is 5.26 Å². The molecule has 0 spiro atoms. The lowest BCUT2D eigenvalue weighted by molar-refractivity contribution is -0.137. The molecule has 1 saturated carbocycles. The monoisotopic (exact) mass is 309 g/mol. The van der Waals surface area contributed by atoms with Crippen LogP contribution in [0.15, 0.2) is 24.3 Å². The maximum absolute atomic E-state index is 12.8. The van der Waals surface area contributed by atoms with Crippen LogP contribution in [0.5, 0.6) is 0 Å². The van der Waals surface area contributed by atoms with Crippen LogP contribution in [-0.2, 0) is 6.18 Å². The second kappa shape index (κ2) is 5.71. The quantitative estimate of drug-likeness (QED) is 0.847. The first kappa shape index (κ1) is 15.0. The summed E-state index contributed by atoms with van der Waals surface area (Å²) in [5.74, 6) is 0.805. The molecule has 1 saturated heterocycles. The molecule has 6 heteroatoms. The van der Waals surface area contributed by atoms with Gasteiger partial charge in [-0.15, -0.1) is 0 Å². The van der Waals surface area contributed by atoms with E-state index >= 15 is 0 Å². The van der Waals surface area contributed by atoms with Gasteiger partial charge in [-0.3, -0.25) is 0 Å². The van der Waals surface area contributed by atoms with Gasteiger partial charge in [-0.2, -0.15) is 18.4 Å². The van der Waals surface area contributed by atoms with Gasteiger partial charge in [-0.25, -0.2) is 0 Å². The van der Waals surface area contributed by atoms with Crippen LogP contribution >= 0.6 is 0 Å². The molecule has 2 aliphatic rings. The molecule has 1 heterocycles. The number of hydrogen-bond acceptors (Lipinski definition) is 3. The lowest BCUT2D eigenvalue weighted by atomic mass is 9.78. The van der Waals surface area contributed by atoms with E-state index in [-0.39, 0.29) is 6.04 Å². The zero-order chi connectivity index (χ0) is 15.7. The van der Waals surface area contributed by atoms with Crippen LogP contribution in [0.4, 0.5) is 18.9 Å². The highest BCUT2D eigenvalue weighted by Crippen LogP contribution is 2.38. The molecular formula is C16H18F3N3. The average molecular weight is 309 g/mol. The molecule has 1 N–H and O–H groups in total. The Morgan fingerprint density at radius 1 is 1.23 bits per heavy atom. The van der Waals surface area contributed by atoms with E-state index in [9.17, 15) is 13.2 Å². The van der Waals surface area contributed by atoms with Crippen molar-refractivity contribution in [3.05, 3.63) is 29.8 Å². The minimum Gasteiger partial charge on any atom is -0.382 e. The molecule has 1 aromatic carbocycles. The van der Waals surface area contributed by atoms with Gasteiger partial charge in [0.05, 0.1) is 5.56 Å². The van der Waals surface area contributed by atoms with Crippen LogP contribution in [0.1, 0.15) is 24.8 Å². The van der Waals surface area contributed by atoms with Crippen LogP contribution in [0, 0.1) is 23.3 Å². The van der Waals surface area contributed by atoms with Crippen molar-refractivity contribution in [1.82, 2.24) is 4.90 Å². The van der Waals surface area contributed by atoms with Crippen molar-refractivity contribution in [2.24, 2.45) is 11.8 Å². The summed E-state index contributed by atoms with van der Waals surface area (Å²) in [7, 11) is 0. The number of anilines is 1. The molecule has 0 radical (unpaired) electrons. The lowest BCUT2D eigenvalue weighted by Gasteiger charge is -2.34. The Bertz CT molecular complexity index is 579. The number of benzene rings is 1. The number of nitriles is 1. The Hall–Kier alpha value is -1.90. The number of halogens is 3. The van der Waals surface area contributed by atoms with Crippen molar-refractivity contribution < 1.29 is 13.2 Å². The van der Waals surface area contributed by atoms with E-state index in [0.717, 1.165) is 31.9 Å². The minimum atomic E-state index is -4.32. The van der Waals surface area contributed by atoms with Crippen LogP contribution < -0.4 is 5.32 Å². The smallest absolute Gasteiger partial charge is 0.382 e. The van der Waals surface area contributed by atoms with Gasteiger partial charge in [0.15, 0.2) is 6.19 Å². The van der Waals surface area contributed by atoms with Gasteiger partial charge in [0.1, 0.15) is 0 Å². The number of nitrogens with one attached hydrogen (secondary N) is 1. The van der Waals surface area contributed by atoms with Gasteiger partial charge >= 0.3 is 6.18 Å². The zero-order valence-corrected chi connectivity index (χ0v) is 12.1. The topological polar surface area (TPSA) is 39.1 Å². The van der Waals surface area contributed by atoms with Gasteiger partial charge < -0.3 is 10.2 Å². The Balaban J connectivity index is 1.74. The fourth-order valence-corrected chi connectivity index (χ4v) is 3.73. The third-order valence-electron chi connectivity index (χ3n) is 4.78. The molecule has 3 nitrogen and oxygen atoms in total. The first-order valence-corrected chi connectivity index (χ1v) is 7.56. The SMILES string of the molecule is N#CN1C[C@H]2CCC[C@@H](Nc3cccc(C(F)(F)F)c3)[C@H]2C1. The van der Waals surface area contributed by atoms with Gasteiger partial charge in [-0.05, 0) is 37.0 Å². The maximum atomic E-state index is 12.8. The third-order valence-corrected chi connectivity index (χ3v) is 4.78. The highest BCUT2D eigenvalue weighted by Gasteiger charge is 2.40. The van der Waals surface area contributed by atoms with Crippen LogP contribution in [0.2, 0.25) is 0 Å². The number of rotatable bonds is 2. The van der Waals surface area contributed by atoms with Crippen molar-refractivity contribution in [1.29, 1.82) is 5.26 Å². The zero-order valence-electron chi connectivity index (χ0n) is 12.1. The van der Waals surface area contributed by atoms with Crippen molar-refractivity contribution in [2.45, 2.75) is 31.5 Å². The summed E-state index contributed by atoms with van der Waals surface area (Å²) in [5, 5.41) is 12.3. The summed E-state index contributed by atoms with van der Waals surface area (Å²) in [6, 6.07) is 5.50. The van der Waals surface area contributed by atoms with Crippen LogP contribution in [0.3, 0.4) is 0 Å². The molecule has 1 aromatic rings. The van der Waals surface area contributed by atoms with E-state index in [0.29, 0.717) is 24.1 Å². The predicted molar refractivity (Wildman–Crippen MR) is 76.9 cm³/mol. The summed E-state index contributed by atoms with van der Waals surface area (Å²) in [5.41, 5.74) is -0.120. The van der Waals surface area contributed by atoms with Crippen molar-refractivity contribution in [2.75, 3.05) is 18.4 Å². The number of likely N-dealkylation sites (tertiary alicyclic amines) is 1. The molecule has 3 rings (SSSR count). The molecule has 0 unspecified atom stereocenters. The van der Waals surface area contributed by atoms with Gasteiger partial charge in [-0.1, -0.05) is 12.5 Å². The Morgan fingerprint density at radius 2 is 2.05 bits per heavy atom. The fraction of sp³-hybridized carbons (Fsp3) is 0.562. The number of fused-ring (bicyclic) bond motifs is 1. The second-order valence-corrected chi connectivity index (χ2v) is 6.19. The molecule has 0 aromatic heterocycles. The lowest BCUT2D eigenvalue weighted by Crippen LogP contribution is -2.37. The fourth-order valence-electron chi connectivity index (χ4n) is 3.73. The normalized spacial score (nSPS) is 28.1. The first-order chi connectivity index (χ1) is 10.5. The Morgan fingerprint density at radius 3 is 2.77 bits per heavy atom. The van der Waals surface area contributed by atoms with Crippen LogP contribution in [-0.4, -0.2) is 24.0 Å². The van der Waals surface area contributed by atoms with Gasteiger partial charge in [0, 0.05) is 30.7 Å². The first-order valence-electron chi connectivity index (χ1n) is 7.56. The van der Waals surface area contributed by atoms with Gasteiger partial charge in [0.25, 0.3) is 0 Å². The molecular weight excluding hydrogens is 291 g/mol. The Labute approximate surface area is 127 Å². The van der Waals surface area contributed by atoms with Gasteiger partial charge in [0.2, 0.25) is 0 Å². The summed E-state index contributed by atoms with van der Waals surface area (Å²) in [6.45, 7) is 1.49. The van der Waals surface area contributed by atoms with E-state index in [1.54, 1.807) is 11.0 Å². The molecule has 1 aliphatic carbocycles. The molecule has 2 fully saturated rings. The van der Waals surface area contributed by atoms with E-state index in [1.165, 1.54) is 12.1 Å². The molecule has 0 bridgehead atoms. The second-order valence-electron chi connectivity index (χ2n) is 6.19.